The molecule has 30 heavy (non-hydrogen) atoms. The van der Waals surface area contributed by atoms with Gasteiger partial charge in [-0.2, -0.15) is 0 Å². The second-order valence-corrected chi connectivity index (χ2v) is 8.71. The van der Waals surface area contributed by atoms with Gasteiger partial charge in [-0.3, -0.25) is 9.52 Å². The van der Waals surface area contributed by atoms with Gasteiger partial charge in [0.05, 0.1) is 18.4 Å². The zero-order chi connectivity index (χ0) is 21.7. The molecule has 0 saturated carbocycles. The van der Waals surface area contributed by atoms with E-state index < -0.39 is 15.9 Å². The maximum Gasteiger partial charge on any atom is 0.265 e. The SMILES string of the molecule is COc1ccc(C)cc1S(=O)(=O)Nc1ccccc1C(=O)NCc1cccc(Cl)c1. The van der Waals surface area contributed by atoms with E-state index in [4.69, 9.17) is 16.3 Å². The van der Waals surface area contributed by atoms with Crippen molar-refractivity contribution in [3.05, 3.63) is 88.4 Å². The number of aryl methyl sites for hydroxylation is 1. The zero-order valence-electron chi connectivity index (χ0n) is 16.5. The van der Waals surface area contributed by atoms with Crippen molar-refractivity contribution in [2.75, 3.05) is 11.8 Å². The molecule has 0 saturated heterocycles. The average Bonchev–Trinajstić information content (AvgIpc) is 2.72. The summed E-state index contributed by atoms with van der Waals surface area (Å²) in [5, 5.41) is 3.35. The van der Waals surface area contributed by atoms with Gasteiger partial charge in [0, 0.05) is 11.6 Å². The Bertz CT molecular complexity index is 1180. The molecule has 0 atom stereocenters. The van der Waals surface area contributed by atoms with Crippen LogP contribution in [0.4, 0.5) is 5.69 Å². The Morgan fingerprint density at radius 2 is 1.80 bits per heavy atom. The molecule has 156 valence electrons. The van der Waals surface area contributed by atoms with Crippen molar-refractivity contribution < 1.29 is 17.9 Å². The van der Waals surface area contributed by atoms with Crippen molar-refractivity contribution >= 4 is 33.2 Å². The Morgan fingerprint density at radius 3 is 2.53 bits per heavy atom. The number of ether oxygens (including phenoxy) is 1. The van der Waals surface area contributed by atoms with E-state index in [0.717, 1.165) is 11.1 Å². The third kappa shape index (κ3) is 5.11. The number of carbonyl (C=O) groups is 1. The molecule has 1 amide bonds. The smallest absolute Gasteiger partial charge is 0.265 e. The molecule has 0 bridgehead atoms. The van der Waals surface area contributed by atoms with Crippen molar-refractivity contribution in [3.8, 4) is 5.75 Å². The molecule has 3 aromatic carbocycles. The van der Waals surface area contributed by atoms with Gasteiger partial charge in [0.1, 0.15) is 10.6 Å². The van der Waals surface area contributed by atoms with Gasteiger partial charge in [0.2, 0.25) is 0 Å². The van der Waals surface area contributed by atoms with Crippen LogP contribution in [0.2, 0.25) is 5.02 Å². The number of hydrogen-bond donors (Lipinski definition) is 2. The van der Waals surface area contributed by atoms with Gasteiger partial charge in [-0.15, -0.1) is 0 Å². The first-order chi connectivity index (χ1) is 14.3. The second kappa shape index (κ2) is 9.19. The van der Waals surface area contributed by atoms with Gasteiger partial charge < -0.3 is 10.1 Å². The molecule has 3 rings (SSSR count). The molecule has 0 heterocycles. The number of anilines is 1. The minimum atomic E-state index is -3.98. The van der Waals surface area contributed by atoms with E-state index >= 15 is 0 Å². The second-order valence-electron chi connectivity index (χ2n) is 6.62. The Morgan fingerprint density at radius 1 is 1.03 bits per heavy atom. The van der Waals surface area contributed by atoms with Crippen molar-refractivity contribution in [2.45, 2.75) is 18.4 Å². The number of nitrogens with one attached hydrogen (secondary N) is 2. The van der Waals surface area contributed by atoms with E-state index in [-0.39, 0.29) is 28.4 Å². The van der Waals surface area contributed by atoms with Crippen LogP contribution in [-0.2, 0) is 16.6 Å². The Balaban J connectivity index is 1.84. The first-order valence-electron chi connectivity index (χ1n) is 9.09. The van der Waals surface area contributed by atoms with Crippen LogP contribution >= 0.6 is 11.6 Å². The van der Waals surface area contributed by atoms with Gasteiger partial charge in [0.25, 0.3) is 15.9 Å². The molecule has 0 fully saturated rings. The highest BCUT2D eigenvalue weighted by molar-refractivity contribution is 7.92. The number of methoxy groups -OCH3 is 1. The summed E-state index contributed by atoms with van der Waals surface area (Å²) < 4.78 is 33.7. The van der Waals surface area contributed by atoms with Crippen LogP contribution in [0.25, 0.3) is 0 Å². The number of halogens is 1. The number of para-hydroxylation sites is 1. The summed E-state index contributed by atoms with van der Waals surface area (Å²) in [6.45, 7) is 2.04. The molecule has 0 aromatic heterocycles. The minimum absolute atomic E-state index is 0.000798. The molecule has 0 aliphatic rings. The van der Waals surface area contributed by atoms with E-state index in [1.807, 2.05) is 6.07 Å². The van der Waals surface area contributed by atoms with Crippen molar-refractivity contribution in [1.82, 2.24) is 5.32 Å². The lowest BCUT2D eigenvalue weighted by Gasteiger charge is -2.15. The number of hydrogen-bond acceptors (Lipinski definition) is 4. The number of carbonyl (C=O) groups excluding carboxylic acids is 1. The average molecular weight is 445 g/mol. The lowest BCUT2D eigenvalue weighted by Crippen LogP contribution is -2.25. The van der Waals surface area contributed by atoms with Gasteiger partial charge in [-0.25, -0.2) is 8.42 Å². The standard InChI is InChI=1S/C22H21ClN2O4S/c1-15-10-11-20(29-2)21(12-15)30(27,28)25-19-9-4-3-8-18(19)22(26)24-14-16-6-5-7-17(23)13-16/h3-13,25H,14H2,1-2H3,(H,24,26). The predicted octanol–water partition coefficient (Wildman–Crippen LogP) is 4.39. The van der Waals surface area contributed by atoms with Gasteiger partial charge in [0.15, 0.2) is 0 Å². The van der Waals surface area contributed by atoms with Gasteiger partial charge in [-0.05, 0) is 54.4 Å². The number of benzene rings is 3. The van der Waals surface area contributed by atoms with E-state index in [0.29, 0.717) is 5.02 Å². The number of sulfonamides is 1. The van der Waals surface area contributed by atoms with Crippen LogP contribution in [0.5, 0.6) is 5.75 Å². The van der Waals surface area contributed by atoms with Crippen molar-refractivity contribution in [2.24, 2.45) is 0 Å². The molecule has 6 nitrogen and oxygen atoms in total. The lowest BCUT2D eigenvalue weighted by molar-refractivity contribution is 0.0952. The first-order valence-corrected chi connectivity index (χ1v) is 11.0. The quantitative estimate of drug-likeness (QED) is 0.566. The van der Waals surface area contributed by atoms with E-state index in [1.165, 1.54) is 19.2 Å². The molecular weight excluding hydrogens is 424 g/mol. The highest BCUT2D eigenvalue weighted by Crippen LogP contribution is 2.28. The Kier molecular flexibility index (Phi) is 6.64. The van der Waals surface area contributed by atoms with Gasteiger partial charge in [-0.1, -0.05) is 41.9 Å². The summed E-state index contributed by atoms with van der Waals surface area (Å²) in [6.07, 6.45) is 0. The summed E-state index contributed by atoms with van der Waals surface area (Å²) in [7, 11) is -2.58. The van der Waals surface area contributed by atoms with E-state index in [2.05, 4.69) is 10.0 Å². The lowest BCUT2D eigenvalue weighted by atomic mass is 10.1. The maximum atomic E-state index is 13.0. The molecule has 0 spiro atoms. The summed E-state index contributed by atoms with van der Waals surface area (Å²) in [4.78, 5) is 12.7. The van der Waals surface area contributed by atoms with Crippen LogP contribution in [0.1, 0.15) is 21.5 Å². The molecule has 0 unspecified atom stereocenters. The first kappa shape index (κ1) is 21.7. The molecule has 2 N–H and O–H groups in total. The molecule has 0 aliphatic heterocycles. The van der Waals surface area contributed by atoms with Crippen LogP contribution < -0.4 is 14.8 Å². The molecule has 3 aromatic rings. The monoisotopic (exact) mass is 444 g/mol. The van der Waals surface area contributed by atoms with Gasteiger partial charge >= 0.3 is 0 Å². The van der Waals surface area contributed by atoms with Crippen LogP contribution in [0, 0.1) is 6.92 Å². The third-order valence-corrected chi connectivity index (χ3v) is 5.99. The van der Waals surface area contributed by atoms with E-state index in [1.54, 1.807) is 55.5 Å². The van der Waals surface area contributed by atoms with Crippen molar-refractivity contribution in [1.29, 1.82) is 0 Å². The molecule has 0 radical (unpaired) electrons. The summed E-state index contributed by atoms with van der Waals surface area (Å²) in [5.74, 6) is -0.194. The topological polar surface area (TPSA) is 84.5 Å². The fourth-order valence-electron chi connectivity index (χ4n) is 2.89. The summed E-state index contributed by atoms with van der Waals surface area (Å²) in [5.41, 5.74) is 1.97. The maximum absolute atomic E-state index is 13.0. The fraction of sp³-hybridized carbons (Fsp3) is 0.136. The number of amides is 1. The van der Waals surface area contributed by atoms with Crippen LogP contribution in [-0.4, -0.2) is 21.4 Å². The summed E-state index contributed by atoms with van der Waals surface area (Å²) in [6, 6.07) is 18.4. The van der Waals surface area contributed by atoms with Crippen LogP contribution in [0.3, 0.4) is 0 Å². The zero-order valence-corrected chi connectivity index (χ0v) is 18.0. The fourth-order valence-corrected chi connectivity index (χ4v) is 4.44. The minimum Gasteiger partial charge on any atom is -0.495 e. The highest BCUT2D eigenvalue weighted by Gasteiger charge is 2.22. The third-order valence-electron chi connectivity index (χ3n) is 4.37. The highest BCUT2D eigenvalue weighted by atomic mass is 35.5. The Hall–Kier alpha value is -3.03. The Labute approximate surface area is 180 Å². The van der Waals surface area contributed by atoms with Crippen LogP contribution in [0.15, 0.2) is 71.6 Å². The molecular formula is C22H21ClN2O4S. The number of rotatable bonds is 7. The predicted molar refractivity (Wildman–Crippen MR) is 118 cm³/mol. The normalized spacial score (nSPS) is 11.0. The van der Waals surface area contributed by atoms with Crippen molar-refractivity contribution in [3.63, 3.8) is 0 Å². The molecule has 8 heteroatoms. The van der Waals surface area contributed by atoms with E-state index in [9.17, 15) is 13.2 Å². The largest absolute Gasteiger partial charge is 0.495 e. The summed E-state index contributed by atoms with van der Waals surface area (Å²) >= 11 is 5.97. The molecule has 0 aliphatic carbocycles.